The van der Waals surface area contributed by atoms with Crippen molar-refractivity contribution in [3.63, 3.8) is 0 Å². The molecule has 1 amide bonds. The third kappa shape index (κ3) is 5.37. The summed E-state index contributed by atoms with van der Waals surface area (Å²) < 4.78 is 15.6. The van der Waals surface area contributed by atoms with Crippen molar-refractivity contribution in [3.05, 3.63) is 46.8 Å². The third-order valence-corrected chi connectivity index (χ3v) is 4.21. The molecular weight excluding hydrogens is 376 g/mol. The standard InChI is InChI=1S/C21H26N2O6/c1-6-27-16-10-8-15(9-11-16)23-19(24)14(5)29-20(25)17-12(3)18(22-13(17)4)21(26)28-7-2/h8-11,14,22H,6-7H2,1-5H3,(H,23,24)/t14-/m1/s1. The average molecular weight is 402 g/mol. The van der Waals surface area contributed by atoms with Gasteiger partial charge >= 0.3 is 11.9 Å². The normalized spacial score (nSPS) is 11.5. The molecule has 8 heteroatoms. The number of amides is 1. The highest BCUT2D eigenvalue weighted by Crippen LogP contribution is 2.21. The molecule has 0 aliphatic carbocycles. The quantitative estimate of drug-likeness (QED) is 0.656. The Kier molecular flexibility index (Phi) is 7.41. The molecule has 156 valence electrons. The van der Waals surface area contributed by atoms with Crippen LogP contribution in [0.15, 0.2) is 24.3 Å². The van der Waals surface area contributed by atoms with Crippen LogP contribution in [0.4, 0.5) is 5.69 Å². The number of aromatic nitrogens is 1. The Morgan fingerprint density at radius 3 is 2.28 bits per heavy atom. The Balaban J connectivity index is 2.04. The maximum Gasteiger partial charge on any atom is 0.355 e. The maximum atomic E-state index is 12.6. The number of aryl methyl sites for hydroxylation is 1. The molecule has 8 nitrogen and oxygen atoms in total. The number of nitrogens with one attached hydrogen (secondary N) is 2. The second kappa shape index (κ2) is 9.77. The van der Waals surface area contributed by atoms with Gasteiger partial charge in [-0.3, -0.25) is 4.79 Å². The van der Waals surface area contributed by atoms with E-state index in [0.717, 1.165) is 0 Å². The minimum Gasteiger partial charge on any atom is -0.494 e. The molecule has 1 aromatic heterocycles. The number of ether oxygens (including phenoxy) is 3. The Hall–Kier alpha value is -3.29. The van der Waals surface area contributed by atoms with Crippen molar-refractivity contribution in [3.8, 4) is 5.75 Å². The molecule has 0 bridgehead atoms. The van der Waals surface area contributed by atoms with E-state index in [4.69, 9.17) is 14.2 Å². The molecule has 1 aromatic carbocycles. The molecule has 1 heterocycles. The monoisotopic (exact) mass is 402 g/mol. The van der Waals surface area contributed by atoms with Gasteiger partial charge in [-0.05, 0) is 64.4 Å². The summed E-state index contributed by atoms with van der Waals surface area (Å²) in [7, 11) is 0. The molecule has 2 aromatic rings. The van der Waals surface area contributed by atoms with Gasteiger partial charge in [0.15, 0.2) is 6.10 Å². The van der Waals surface area contributed by atoms with E-state index in [1.165, 1.54) is 6.92 Å². The van der Waals surface area contributed by atoms with E-state index in [2.05, 4.69) is 10.3 Å². The van der Waals surface area contributed by atoms with Gasteiger partial charge in [0.05, 0.1) is 18.8 Å². The van der Waals surface area contributed by atoms with E-state index in [1.807, 2.05) is 6.92 Å². The molecule has 0 unspecified atom stereocenters. The van der Waals surface area contributed by atoms with Gasteiger partial charge in [0.1, 0.15) is 11.4 Å². The van der Waals surface area contributed by atoms with E-state index in [-0.39, 0.29) is 17.9 Å². The lowest BCUT2D eigenvalue weighted by Gasteiger charge is -2.14. The fourth-order valence-corrected chi connectivity index (χ4v) is 2.78. The van der Waals surface area contributed by atoms with E-state index in [9.17, 15) is 14.4 Å². The van der Waals surface area contributed by atoms with E-state index in [0.29, 0.717) is 29.3 Å². The highest BCUT2D eigenvalue weighted by Gasteiger charge is 2.26. The highest BCUT2D eigenvalue weighted by molar-refractivity contribution is 6.01. The number of H-pyrrole nitrogens is 1. The number of hydrogen-bond acceptors (Lipinski definition) is 6. The molecule has 0 saturated heterocycles. The van der Waals surface area contributed by atoms with Crippen LogP contribution in [0.5, 0.6) is 5.75 Å². The lowest BCUT2D eigenvalue weighted by molar-refractivity contribution is -0.123. The fraction of sp³-hybridized carbons (Fsp3) is 0.381. The van der Waals surface area contributed by atoms with Gasteiger partial charge < -0.3 is 24.5 Å². The molecule has 0 aliphatic heterocycles. The predicted octanol–water partition coefficient (Wildman–Crippen LogP) is 3.39. The van der Waals surface area contributed by atoms with Crippen molar-refractivity contribution in [1.29, 1.82) is 0 Å². The van der Waals surface area contributed by atoms with Crippen LogP contribution in [0.25, 0.3) is 0 Å². The topological polar surface area (TPSA) is 107 Å². The Bertz CT molecular complexity index is 885. The van der Waals surface area contributed by atoms with Crippen LogP contribution in [0.3, 0.4) is 0 Å². The number of anilines is 1. The van der Waals surface area contributed by atoms with E-state index >= 15 is 0 Å². The summed E-state index contributed by atoms with van der Waals surface area (Å²) >= 11 is 0. The summed E-state index contributed by atoms with van der Waals surface area (Å²) in [6.45, 7) is 9.10. The summed E-state index contributed by atoms with van der Waals surface area (Å²) in [6, 6.07) is 6.87. The first kappa shape index (κ1) is 22.0. The van der Waals surface area contributed by atoms with Crippen molar-refractivity contribution >= 4 is 23.5 Å². The second-order valence-corrected chi connectivity index (χ2v) is 6.34. The summed E-state index contributed by atoms with van der Waals surface area (Å²) in [5, 5.41) is 2.68. The van der Waals surface area contributed by atoms with Crippen LogP contribution in [0, 0.1) is 13.8 Å². The lowest BCUT2D eigenvalue weighted by Crippen LogP contribution is -2.30. The second-order valence-electron chi connectivity index (χ2n) is 6.34. The first-order valence-electron chi connectivity index (χ1n) is 9.39. The summed E-state index contributed by atoms with van der Waals surface area (Å²) in [5.74, 6) is -1.02. The van der Waals surface area contributed by atoms with Crippen molar-refractivity contribution < 1.29 is 28.6 Å². The van der Waals surface area contributed by atoms with Gasteiger partial charge in [0, 0.05) is 11.4 Å². The molecule has 0 radical (unpaired) electrons. The molecule has 29 heavy (non-hydrogen) atoms. The summed E-state index contributed by atoms with van der Waals surface area (Å²) in [4.78, 5) is 39.8. The maximum absolute atomic E-state index is 12.6. The Labute approximate surface area is 169 Å². The van der Waals surface area contributed by atoms with E-state index in [1.54, 1.807) is 45.0 Å². The van der Waals surface area contributed by atoms with Gasteiger partial charge in [-0.25, -0.2) is 9.59 Å². The number of benzene rings is 1. The van der Waals surface area contributed by atoms with Gasteiger partial charge in [-0.1, -0.05) is 0 Å². The van der Waals surface area contributed by atoms with Crippen LogP contribution in [0.2, 0.25) is 0 Å². The van der Waals surface area contributed by atoms with Gasteiger partial charge in [0.25, 0.3) is 5.91 Å². The molecule has 0 fully saturated rings. The van der Waals surface area contributed by atoms with Crippen molar-refractivity contribution in [2.45, 2.75) is 40.7 Å². The Morgan fingerprint density at radius 1 is 1.03 bits per heavy atom. The fourth-order valence-electron chi connectivity index (χ4n) is 2.78. The lowest BCUT2D eigenvalue weighted by atomic mass is 10.1. The van der Waals surface area contributed by atoms with Crippen LogP contribution in [-0.2, 0) is 14.3 Å². The minimum atomic E-state index is -1.03. The summed E-state index contributed by atoms with van der Waals surface area (Å²) in [6.07, 6.45) is -1.03. The number of carbonyl (C=O) groups is 3. The molecule has 2 rings (SSSR count). The highest BCUT2D eigenvalue weighted by atomic mass is 16.5. The van der Waals surface area contributed by atoms with E-state index < -0.39 is 23.9 Å². The average Bonchev–Trinajstić information content (AvgIpc) is 2.98. The molecular formula is C21H26N2O6. The van der Waals surface area contributed by atoms with Crippen molar-refractivity contribution in [1.82, 2.24) is 4.98 Å². The molecule has 0 spiro atoms. The number of esters is 2. The number of hydrogen-bond donors (Lipinski definition) is 2. The molecule has 2 N–H and O–H groups in total. The molecule has 0 aliphatic rings. The zero-order valence-electron chi connectivity index (χ0n) is 17.3. The SMILES string of the molecule is CCOC(=O)c1[nH]c(C)c(C(=O)O[C@H](C)C(=O)Nc2ccc(OCC)cc2)c1C. The molecule has 0 saturated carbocycles. The van der Waals surface area contributed by atoms with Crippen LogP contribution >= 0.6 is 0 Å². The zero-order valence-corrected chi connectivity index (χ0v) is 17.3. The minimum absolute atomic E-state index is 0.197. The van der Waals surface area contributed by atoms with Crippen molar-refractivity contribution in [2.75, 3.05) is 18.5 Å². The van der Waals surface area contributed by atoms with Gasteiger partial charge in [-0.2, -0.15) is 0 Å². The number of rotatable bonds is 8. The number of aromatic amines is 1. The largest absolute Gasteiger partial charge is 0.494 e. The third-order valence-electron chi connectivity index (χ3n) is 4.21. The first-order chi connectivity index (χ1) is 13.8. The number of carbonyl (C=O) groups excluding carboxylic acids is 3. The predicted molar refractivity (Wildman–Crippen MR) is 107 cm³/mol. The van der Waals surface area contributed by atoms with Crippen LogP contribution in [0.1, 0.15) is 52.9 Å². The van der Waals surface area contributed by atoms with Crippen LogP contribution in [-0.4, -0.2) is 42.1 Å². The molecule has 1 atom stereocenters. The first-order valence-corrected chi connectivity index (χ1v) is 9.39. The summed E-state index contributed by atoms with van der Waals surface area (Å²) in [5.41, 5.74) is 1.86. The smallest absolute Gasteiger partial charge is 0.355 e. The van der Waals surface area contributed by atoms with Gasteiger partial charge in [0.2, 0.25) is 0 Å². The van der Waals surface area contributed by atoms with Gasteiger partial charge in [-0.15, -0.1) is 0 Å². The van der Waals surface area contributed by atoms with Crippen molar-refractivity contribution in [2.24, 2.45) is 0 Å². The zero-order chi connectivity index (χ0) is 21.6. The Morgan fingerprint density at radius 2 is 1.69 bits per heavy atom. The van der Waals surface area contributed by atoms with Crippen LogP contribution < -0.4 is 10.1 Å².